The second-order valence-electron chi connectivity index (χ2n) is 4.62. The average Bonchev–Trinajstić information content (AvgIpc) is 2.86. The van der Waals surface area contributed by atoms with Crippen LogP contribution >= 0.6 is 34.5 Å². The molecule has 0 bridgehead atoms. The standard InChI is InChI=1S/C16H8Cl2N2S/c17-10-7-5-9(6-8-10)13-15-14(20-16(18)19-13)11-3-1-2-4-12(11)21-15/h1-8H. The number of benzene rings is 2. The molecule has 0 spiro atoms. The van der Waals surface area contributed by atoms with Crippen molar-refractivity contribution in [2.24, 2.45) is 0 Å². The maximum absolute atomic E-state index is 6.12. The van der Waals surface area contributed by atoms with Crippen LogP contribution in [0, 0.1) is 0 Å². The average molecular weight is 331 g/mol. The Kier molecular flexibility index (Phi) is 3.07. The number of thiophene rings is 1. The second kappa shape index (κ2) is 4.95. The van der Waals surface area contributed by atoms with Crippen molar-refractivity contribution in [2.75, 3.05) is 0 Å². The molecule has 0 aliphatic carbocycles. The van der Waals surface area contributed by atoms with E-state index in [1.807, 2.05) is 36.4 Å². The van der Waals surface area contributed by atoms with E-state index in [0.717, 1.165) is 26.9 Å². The third kappa shape index (κ3) is 2.18. The number of hydrogen-bond donors (Lipinski definition) is 0. The van der Waals surface area contributed by atoms with Crippen LogP contribution in [0.3, 0.4) is 0 Å². The Hall–Kier alpha value is -1.68. The minimum Gasteiger partial charge on any atom is -0.216 e. The van der Waals surface area contributed by atoms with E-state index in [-0.39, 0.29) is 5.28 Å². The van der Waals surface area contributed by atoms with Gasteiger partial charge in [-0.3, -0.25) is 0 Å². The third-order valence-corrected chi connectivity index (χ3v) is 4.90. The van der Waals surface area contributed by atoms with Crippen molar-refractivity contribution < 1.29 is 0 Å². The zero-order chi connectivity index (χ0) is 14.4. The van der Waals surface area contributed by atoms with Crippen LogP contribution < -0.4 is 0 Å². The van der Waals surface area contributed by atoms with Crippen molar-refractivity contribution in [3.05, 3.63) is 58.8 Å². The summed E-state index contributed by atoms with van der Waals surface area (Å²) in [5.74, 6) is 0. The molecule has 2 aromatic carbocycles. The van der Waals surface area contributed by atoms with Gasteiger partial charge in [0.1, 0.15) is 0 Å². The number of rotatable bonds is 1. The lowest BCUT2D eigenvalue weighted by Crippen LogP contribution is -1.88. The van der Waals surface area contributed by atoms with Gasteiger partial charge in [-0.2, -0.15) is 0 Å². The molecule has 0 saturated carbocycles. The molecule has 0 atom stereocenters. The van der Waals surface area contributed by atoms with Gasteiger partial charge in [-0.1, -0.05) is 41.9 Å². The molecule has 2 nitrogen and oxygen atoms in total. The minimum absolute atomic E-state index is 0.260. The summed E-state index contributed by atoms with van der Waals surface area (Å²) in [5.41, 5.74) is 2.74. The van der Waals surface area contributed by atoms with Gasteiger partial charge in [0, 0.05) is 20.7 Å². The highest BCUT2D eigenvalue weighted by Crippen LogP contribution is 2.38. The molecule has 0 radical (unpaired) electrons. The Bertz CT molecular complexity index is 961. The van der Waals surface area contributed by atoms with E-state index in [0.29, 0.717) is 5.02 Å². The van der Waals surface area contributed by atoms with Gasteiger partial charge in [0.2, 0.25) is 5.28 Å². The molecule has 21 heavy (non-hydrogen) atoms. The largest absolute Gasteiger partial charge is 0.223 e. The first-order chi connectivity index (χ1) is 10.2. The summed E-state index contributed by atoms with van der Waals surface area (Å²) < 4.78 is 2.22. The molecule has 0 fully saturated rings. The molecule has 4 rings (SSSR count). The molecule has 0 saturated heterocycles. The quantitative estimate of drug-likeness (QED) is 0.411. The Labute approximate surface area is 135 Å². The van der Waals surface area contributed by atoms with Gasteiger partial charge >= 0.3 is 0 Å². The Balaban J connectivity index is 2.10. The van der Waals surface area contributed by atoms with E-state index >= 15 is 0 Å². The Morgan fingerprint density at radius 3 is 2.43 bits per heavy atom. The van der Waals surface area contributed by atoms with Gasteiger partial charge in [0.05, 0.1) is 15.9 Å². The molecule has 5 heteroatoms. The van der Waals surface area contributed by atoms with Crippen molar-refractivity contribution in [1.82, 2.24) is 9.97 Å². The first-order valence-corrected chi connectivity index (χ1v) is 7.90. The van der Waals surface area contributed by atoms with Crippen LogP contribution in [0.4, 0.5) is 0 Å². The lowest BCUT2D eigenvalue weighted by Gasteiger charge is -2.03. The van der Waals surface area contributed by atoms with Crippen molar-refractivity contribution >= 4 is 54.8 Å². The lowest BCUT2D eigenvalue weighted by molar-refractivity contribution is 1.24. The summed E-state index contributed by atoms with van der Waals surface area (Å²) in [7, 11) is 0. The predicted octanol–water partition coefficient (Wildman–Crippen LogP) is 5.82. The maximum atomic E-state index is 6.12. The first kappa shape index (κ1) is 13.0. The summed E-state index contributed by atoms with van der Waals surface area (Å²) in [5, 5.41) is 2.07. The van der Waals surface area contributed by atoms with Gasteiger partial charge in [0.25, 0.3) is 0 Å². The molecule has 0 aliphatic heterocycles. The maximum Gasteiger partial charge on any atom is 0.223 e. The number of aromatic nitrogens is 2. The Morgan fingerprint density at radius 2 is 1.62 bits per heavy atom. The van der Waals surface area contributed by atoms with Gasteiger partial charge in [-0.05, 0) is 29.8 Å². The van der Waals surface area contributed by atoms with Crippen LogP contribution in [0.25, 0.3) is 31.6 Å². The smallest absolute Gasteiger partial charge is 0.216 e. The summed E-state index contributed by atoms with van der Waals surface area (Å²) in [6.07, 6.45) is 0. The van der Waals surface area contributed by atoms with E-state index in [1.54, 1.807) is 11.3 Å². The van der Waals surface area contributed by atoms with Crippen molar-refractivity contribution in [1.29, 1.82) is 0 Å². The van der Waals surface area contributed by atoms with Gasteiger partial charge in [-0.15, -0.1) is 11.3 Å². The van der Waals surface area contributed by atoms with Crippen LogP contribution in [0.5, 0.6) is 0 Å². The van der Waals surface area contributed by atoms with Crippen LogP contribution in [-0.4, -0.2) is 9.97 Å². The zero-order valence-electron chi connectivity index (χ0n) is 10.7. The fourth-order valence-corrected chi connectivity index (χ4v) is 3.82. The predicted molar refractivity (Wildman–Crippen MR) is 90.4 cm³/mol. The summed E-state index contributed by atoms with van der Waals surface area (Å²) in [4.78, 5) is 8.82. The summed E-state index contributed by atoms with van der Waals surface area (Å²) in [6, 6.07) is 15.8. The van der Waals surface area contributed by atoms with E-state index < -0.39 is 0 Å². The number of fused-ring (bicyclic) bond motifs is 3. The number of nitrogens with zero attached hydrogens (tertiary/aromatic N) is 2. The lowest BCUT2D eigenvalue weighted by atomic mass is 10.1. The number of hydrogen-bond acceptors (Lipinski definition) is 3. The van der Waals surface area contributed by atoms with E-state index in [9.17, 15) is 0 Å². The van der Waals surface area contributed by atoms with Crippen LogP contribution in [0.15, 0.2) is 48.5 Å². The third-order valence-electron chi connectivity index (χ3n) is 3.31. The van der Waals surface area contributed by atoms with Gasteiger partial charge < -0.3 is 0 Å². The van der Waals surface area contributed by atoms with Crippen LogP contribution in [0.1, 0.15) is 0 Å². The molecule has 2 aromatic heterocycles. The summed E-state index contributed by atoms with van der Waals surface area (Å²) >= 11 is 13.8. The summed E-state index contributed by atoms with van der Waals surface area (Å²) in [6.45, 7) is 0. The first-order valence-electron chi connectivity index (χ1n) is 6.33. The number of halogens is 2. The molecular weight excluding hydrogens is 323 g/mol. The van der Waals surface area contributed by atoms with Crippen molar-refractivity contribution in [2.45, 2.75) is 0 Å². The molecular formula is C16H8Cl2N2S. The van der Waals surface area contributed by atoms with Crippen molar-refractivity contribution in [3.8, 4) is 11.3 Å². The SMILES string of the molecule is Clc1ccc(-c2nc(Cl)nc3c2sc2ccccc23)cc1. The van der Waals surface area contributed by atoms with Crippen molar-refractivity contribution in [3.63, 3.8) is 0 Å². The van der Waals surface area contributed by atoms with Crippen LogP contribution in [0.2, 0.25) is 10.3 Å². The monoisotopic (exact) mass is 330 g/mol. The normalized spacial score (nSPS) is 11.3. The molecule has 0 unspecified atom stereocenters. The molecule has 2 heterocycles. The molecule has 0 amide bonds. The molecule has 0 aliphatic rings. The van der Waals surface area contributed by atoms with E-state index in [2.05, 4.69) is 22.1 Å². The van der Waals surface area contributed by atoms with Gasteiger partial charge in [0.15, 0.2) is 0 Å². The topological polar surface area (TPSA) is 25.8 Å². The minimum atomic E-state index is 0.260. The zero-order valence-corrected chi connectivity index (χ0v) is 13.0. The van der Waals surface area contributed by atoms with Gasteiger partial charge in [-0.25, -0.2) is 9.97 Å². The molecule has 4 aromatic rings. The van der Waals surface area contributed by atoms with Crippen LogP contribution in [-0.2, 0) is 0 Å². The molecule has 0 N–H and O–H groups in total. The van der Waals surface area contributed by atoms with E-state index in [1.165, 1.54) is 4.70 Å². The second-order valence-corrected chi connectivity index (χ2v) is 6.45. The molecule has 102 valence electrons. The highest BCUT2D eigenvalue weighted by Gasteiger charge is 2.14. The highest BCUT2D eigenvalue weighted by molar-refractivity contribution is 7.26. The fraction of sp³-hybridized carbons (Fsp3) is 0. The highest BCUT2D eigenvalue weighted by atomic mass is 35.5. The fourth-order valence-electron chi connectivity index (χ4n) is 2.37. The van der Waals surface area contributed by atoms with E-state index in [4.69, 9.17) is 23.2 Å². The Morgan fingerprint density at radius 1 is 0.857 bits per heavy atom.